The van der Waals surface area contributed by atoms with Crippen LogP contribution in [0.5, 0.6) is 5.75 Å². The molecule has 2 amide bonds. The summed E-state index contributed by atoms with van der Waals surface area (Å²) in [6.45, 7) is 4.42. The Morgan fingerprint density at radius 1 is 1.20 bits per heavy atom. The van der Waals surface area contributed by atoms with Crippen LogP contribution in [-0.4, -0.2) is 39.8 Å². The summed E-state index contributed by atoms with van der Waals surface area (Å²) in [4.78, 5) is 32.2. The van der Waals surface area contributed by atoms with Gasteiger partial charge in [0.1, 0.15) is 16.7 Å². The lowest BCUT2D eigenvalue weighted by molar-refractivity contribution is -0.128. The van der Waals surface area contributed by atoms with Crippen molar-refractivity contribution in [2.45, 2.75) is 44.4 Å². The van der Waals surface area contributed by atoms with Gasteiger partial charge in [-0.05, 0) is 50.5 Å². The molecule has 7 heteroatoms. The van der Waals surface area contributed by atoms with Crippen molar-refractivity contribution < 1.29 is 14.3 Å². The van der Waals surface area contributed by atoms with Gasteiger partial charge in [-0.15, -0.1) is 0 Å². The van der Waals surface area contributed by atoms with Gasteiger partial charge in [0.25, 0.3) is 0 Å². The largest absolute Gasteiger partial charge is 0.492 e. The molecule has 0 unspecified atom stereocenters. The molecule has 0 bridgehead atoms. The van der Waals surface area contributed by atoms with Crippen molar-refractivity contribution in [3.8, 4) is 5.75 Å². The highest BCUT2D eigenvalue weighted by atomic mass is 32.2. The summed E-state index contributed by atoms with van der Waals surface area (Å²) < 4.78 is 5.67. The number of nitrogens with one attached hydrogen (secondary N) is 1. The lowest BCUT2D eigenvalue weighted by atomic mass is 10.2. The summed E-state index contributed by atoms with van der Waals surface area (Å²) >= 11 is 1.37. The molecule has 1 N–H and O–H groups in total. The Labute approximate surface area is 180 Å². The van der Waals surface area contributed by atoms with Crippen LogP contribution in [0.4, 0.5) is 11.4 Å². The standard InChI is InChI=1S/C23H25N3O3S/c1-3-29-19-11-7-6-10-18(19)25-23-26(16-12-13-16)22(28)20(30-23)14-21(27)24-17-9-5-4-8-15(17)2/h4-11,16,20H,3,12-14H2,1-2H3,(H,24,27)/t20-/m1/s1. The zero-order valence-corrected chi connectivity index (χ0v) is 17.9. The lowest BCUT2D eigenvalue weighted by Crippen LogP contribution is -2.35. The first-order chi connectivity index (χ1) is 14.6. The number of thioether (sulfide) groups is 1. The molecule has 30 heavy (non-hydrogen) atoms. The molecule has 1 saturated heterocycles. The first kappa shape index (κ1) is 20.5. The van der Waals surface area contributed by atoms with Gasteiger partial charge >= 0.3 is 0 Å². The van der Waals surface area contributed by atoms with Gasteiger partial charge in [0.2, 0.25) is 11.8 Å². The first-order valence-corrected chi connectivity index (χ1v) is 11.1. The smallest absolute Gasteiger partial charge is 0.242 e. The summed E-state index contributed by atoms with van der Waals surface area (Å²) in [5, 5.41) is 3.12. The first-order valence-electron chi connectivity index (χ1n) is 10.2. The van der Waals surface area contributed by atoms with Crippen LogP contribution in [0.25, 0.3) is 0 Å². The Morgan fingerprint density at radius 2 is 1.93 bits per heavy atom. The van der Waals surface area contributed by atoms with Crippen molar-refractivity contribution >= 4 is 40.1 Å². The summed E-state index contributed by atoms with van der Waals surface area (Å²) in [7, 11) is 0. The van der Waals surface area contributed by atoms with E-state index in [1.54, 1.807) is 4.90 Å². The molecule has 0 aromatic heterocycles. The summed E-state index contributed by atoms with van der Waals surface area (Å²) in [5.74, 6) is 0.494. The monoisotopic (exact) mass is 423 g/mol. The minimum Gasteiger partial charge on any atom is -0.492 e. The third-order valence-corrected chi connectivity index (χ3v) is 6.20. The van der Waals surface area contributed by atoms with Gasteiger partial charge in [-0.2, -0.15) is 0 Å². The van der Waals surface area contributed by atoms with Gasteiger partial charge in [0.15, 0.2) is 5.17 Å². The van der Waals surface area contributed by atoms with E-state index in [0.717, 1.165) is 24.1 Å². The number of para-hydroxylation sites is 3. The topological polar surface area (TPSA) is 71.0 Å². The second-order valence-corrected chi connectivity index (χ2v) is 8.58. The number of rotatable bonds is 7. The number of carbonyl (C=O) groups excluding carboxylic acids is 2. The molecular formula is C23H25N3O3S. The predicted molar refractivity (Wildman–Crippen MR) is 120 cm³/mol. The van der Waals surface area contributed by atoms with Crippen molar-refractivity contribution in [1.29, 1.82) is 0 Å². The SMILES string of the molecule is CCOc1ccccc1N=C1S[C@H](CC(=O)Nc2ccccc2C)C(=O)N1C1CC1. The maximum Gasteiger partial charge on any atom is 0.242 e. The highest BCUT2D eigenvalue weighted by Gasteiger charge is 2.46. The van der Waals surface area contributed by atoms with Crippen LogP contribution < -0.4 is 10.1 Å². The van der Waals surface area contributed by atoms with E-state index in [-0.39, 0.29) is 24.3 Å². The van der Waals surface area contributed by atoms with Gasteiger partial charge in [-0.25, -0.2) is 4.99 Å². The molecule has 2 fully saturated rings. The number of nitrogens with zero attached hydrogens (tertiary/aromatic N) is 2. The number of anilines is 1. The molecule has 2 aliphatic rings. The minimum atomic E-state index is -0.465. The van der Waals surface area contributed by atoms with Crippen LogP contribution in [0.2, 0.25) is 0 Å². The Kier molecular flexibility index (Phi) is 6.08. The number of amides is 2. The van der Waals surface area contributed by atoms with Gasteiger partial charge in [-0.3, -0.25) is 14.5 Å². The fourth-order valence-corrected chi connectivity index (χ4v) is 4.58. The maximum atomic E-state index is 13.1. The van der Waals surface area contributed by atoms with Crippen LogP contribution in [-0.2, 0) is 9.59 Å². The number of amidine groups is 1. The van der Waals surface area contributed by atoms with E-state index < -0.39 is 5.25 Å². The van der Waals surface area contributed by atoms with E-state index in [2.05, 4.69) is 5.32 Å². The highest BCUT2D eigenvalue weighted by Crippen LogP contribution is 2.40. The molecule has 0 spiro atoms. The molecule has 4 rings (SSSR count). The third-order valence-electron chi connectivity index (χ3n) is 5.05. The summed E-state index contributed by atoms with van der Waals surface area (Å²) in [6.07, 6.45) is 2.06. The number of carbonyl (C=O) groups is 2. The number of ether oxygens (including phenoxy) is 1. The van der Waals surface area contributed by atoms with Gasteiger partial charge < -0.3 is 10.1 Å². The molecule has 1 aliphatic carbocycles. The molecule has 6 nitrogen and oxygen atoms in total. The fraction of sp³-hybridized carbons (Fsp3) is 0.348. The maximum absolute atomic E-state index is 13.1. The molecule has 0 radical (unpaired) electrons. The molecule has 156 valence electrons. The Hall–Kier alpha value is -2.80. The molecule has 2 aromatic carbocycles. The number of hydrogen-bond donors (Lipinski definition) is 1. The Bertz CT molecular complexity index is 987. The van der Waals surface area contributed by atoms with Crippen LogP contribution in [0.1, 0.15) is 31.7 Å². The molecule has 1 saturated carbocycles. The average molecular weight is 424 g/mol. The van der Waals surface area contributed by atoms with Crippen molar-refractivity contribution in [2.24, 2.45) is 4.99 Å². The Morgan fingerprint density at radius 3 is 2.67 bits per heavy atom. The van der Waals surface area contributed by atoms with E-state index in [1.807, 2.05) is 62.4 Å². The number of aryl methyl sites for hydroxylation is 1. The van der Waals surface area contributed by atoms with E-state index in [9.17, 15) is 9.59 Å². The molecular weight excluding hydrogens is 398 g/mol. The van der Waals surface area contributed by atoms with Crippen molar-refractivity contribution in [3.05, 3.63) is 54.1 Å². The summed E-state index contributed by atoms with van der Waals surface area (Å²) in [6, 6.07) is 15.4. The zero-order valence-electron chi connectivity index (χ0n) is 17.1. The van der Waals surface area contributed by atoms with Crippen molar-refractivity contribution in [3.63, 3.8) is 0 Å². The lowest BCUT2D eigenvalue weighted by Gasteiger charge is -2.16. The Balaban J connectivity index is 1.52. The molecule has 2 aromatic rings. The minimum absolute atomic E-state index is 0.0323. The predicted octanol–water partition coefficient (Wildman–Crippen LogP) is 4.52. The van der Waals surface area contributed by atoms with Gasteiger partial charge in [0.05, 0.1) is 6.61 Å². The second kappa shape index (κ2) is 8.92. The summed E-state index contributed by atoms with van der Waals surface area (Å²) in [5.41, 5.74) is 2.47. The van der Waals surface area contributed by atoms with Crippen molar-refractivity contribution in [1.82, 2.24) is 4.90 Å². The van der Waals surface area contributed by atoms with Crippen LogP contribution in [0.15, 0.2) is 53.5 Å². The number of benzene rings is 2. The van der Waals surface area contributed by atoms with E-state index >= 15 is 0 Å². The fourth-order valence-electron chi connectivity index (χ4n) is 3.37. The van der Waals surface area contributed by atoms with Crippen molar-refractivity contribution in [2.75, 3.05) is 11.9 Å². The van der Waals surface area contributed by atoms with Gasteiger partial charge in [0, 0.05) is 18.2 Å². The number of aliphatic imine (C=N–C) groups is 1. The average Bonchev–Trinajstić information content (AvgIpc) is 3.51. The third kappa shape index (κ3) is 4.51. The molecule has 1 heterocycles. The normalized spacial score (nSPS) is 19.9. The highest BCUT2D eigenvalue weighted by molar-refractivity contribution is 8.15. The molecule has 1 aliphatic heterocycles. The van der Waals surface area contributed by atoms with Crippen LogP contribution in [0.3, 0.4) is 0 Å². The number of hydrogen-bond acceptors (Lipinski definition) is 5. The zero-order chi connectivity index (χ0) is 21.1. The van der Waals surface area contributed by atoms with E-state index in [1.165, 1.54) is 11.8 Å². The quantitative estimate of drug-likeness (QED) is 0.711. The van der Waals surface area contributed by atoms with Crippen LogP contribution in [0, 0.1) is 6.92 Å². The van der Waals surface area contributed by atoms with E-state index in [4.69, 9.17) is 9.73 Å². The molecule has 1 atom stereocenters. The van der Waals surface area contributed by atoms with Crippen LogP contribution >= 0.6 is 11.8 Å². The second-order valence-electron chi connectivity index (χ2n) is 7.41. The van der Waals surface area contributed by atoms with E-state index in [0.29, 0.717) is 23.2 Å². The van der Waals surface area contributed by atoms with Gasteiger partial charge in [-0.1, -0.05) is 42.1 Å².